The van der Waals surface area contributed by atoms with Crippen molar-refractivity contribution in [3.05, 3.63) is 35.4 Å². The van der Waals surface area contributed by atoms with Crippen LogP contribution in [0.15, 0.2) is 24.3 Å². The number of methoxy groups -OCH3 is 2. The van der Waals surface area contributed by atoms with Crippen molar-refractivity contribution >= 4 is 29.6 Å². The van der Waals surface area contributed by atoms with Crippen molar-refractivity contribution in [2.75, 3.05) is 34.9 Å². The van der Waals surface area contributed by atoms with Gasteiger partial charge < -0.3 is 40.3 Å². The van der Waals surface area contributed by atoms with E-state index in [1.54, 1.807) is 30.8 Å². The summed E-state index contributed by atoms with van der Waals surface area (Å²) in [5.41, 5.74) is 1.77. The maximum atomic E-state index is 14.2. The van der Waals surface area contributed by atoms with Crippen LogP contribution < -0.4 is 16.0 Å². The van der Waals surface area contributed by atoms with Crippen LogP contribution >= 0.6 is 0 Å². The molecule has 13 nitrogen and oxygen atoms in total. The summed E-state index contributed by atoms with van der Waals surface area (Å²) in [6.45, 7) is 15.8. The molecule has 1 aliphatic heterocycles. The van der Waals surface area contributed by atoms with E-state index in [-0.39, 0.29) is 48.3 Å². The first-order valence-corrected chi connectivity index (χ1v) is 19.1. The number of hydrogen-bond acceptors (Lipinski definition) is 8. The van der Waals surface area contributed by atoms with E-state index in [1.807, 2.05) is 72.7 Å². The molecule has 0 saturated carbocycles. The predicted molar refractivity (Wildman–Crippen MR) is 205 cm³/mol. The number of likely N-dealkylation sites (N-methyl/N-ethyl adjacent to an activating group) is 2. The first kappa shape index (κ1) is 45.6. The molecule has 0 aliphatic carbocycles. The first-order valence-electron chi connectivity index (χ1n) is 19.1. The van der Waals surface area contributed by atoms with E-state index in [1.165, 1.54) is 14.2 Å². The van der Waals surface area contributed by atoms with Gasteiger partial charge in [0.15, 0.2) is 0 Å². The van der Waals surface area contributed by atoms with E-state index in [9.17, 15) is 29.1 Å². The van der Waals surface area contributed by atoms with Crippen LogP contribution in [-0.2, 0) is 39.9 Å². The molecule has 1 heterocycles. The summed E-state index contributed by atoms with van der Waals surface area (Å²) < 4.78 is 11.9. The molecule has 1 aliphatic rings. The quantitative estimate of drug-likeness (QED) is 0.148. The number of carboxylic acids is 1. The Bertz CT molecular complexity index is 1370. The van der Waals surface area contributed by atoms with Crippen molar-refractivity contribution in [1.82, 2.24) is 25.8 Å². The Morgan fingerprint density at radius 3 is 2.08 bits per heavy atom. The van der Waals surface area contributed by atoms with E-state index in [2.05, 4.69) is 16.0 Å². The number of carboxylic acid groups (broad SMARTS) is 1. The van der Waals surface area contributed by atoms with Crippen LogP contribution in [-0.4, -0.2) is 122 Å². The van der Waals surface area contributed by atoms with Crippen molar-refractivity contribution in [2.45, 2.75) is 130 Å². The summed E-state index contributed by atoms with van der Waals surface area (Å²) in [4.78, 5) is 70.6. The topological polar surface area (TPSA) is 167 Å². The average Bonchev–Trinajstić information content (AvgIpc) is 3.60. The third kappa shape index (κ3) is 12.0. The van der Waals surface area contributed by atoms with Crippen molar-refractivity contribution in [2.24, 2.45) is 23.7 Å². The number of likely N-dealkylation sites (tertiary alicyclic amines) is 1. The highest BCUT2D eigenvalue weighted by Crippen LogP contribution is 2.30. The number of amides is 4. The van der Waals surface area contributed by atoms with Gasteiger partial charge in [0.25, 0.3) is 0 Å². The summed E-state index contributed by atoms with van der Waals surface area (Å²) in [5.74, 6) is -3.26. The summed E-state index contributed by atoms with van der Waals surface area (Å²) in [6.07, 6.45) is 0.817. The molecule has 4 unspecified atom stereocenters. The molecule has 1 aromatic carbocycles. The number of carbonyl (C=O) groups excluding carboxylic acids is 4. The minimum Gasteiger partial charge on any atom is -0.480 e. The van der Waals surface area contributed by atoms with Crippen LogP contribution in [0.4, 0.5) is 0 Å². The van der Waals surface area contributed by atoms with Crippen LogP contribution in [0.25, 0.3) is 0 Å². The number of nitrogens with zero attached hydrogens (tertiary/aromatic N) is 2. The van der Waals surface area contributed by atoms with Gasteiger partial charge in [0.05, 0.1) is 42.7 Å². The van der Waals surface area contributed by atoms with Crippen LogP contribution in [0.5, 0.6) is 0 Å². The summed E-state index contributed by atoms with van der Waals surface area (Å²) >= 11 is 0. The molecule has 1 aromatic rings. The molecule has 4 amide bonds. The van der Waals surface area contributed by atoms with E-state index in [0.717, 1.165) is 17.5 Å². The molecular weight excluding hydrogens is 678 g/mol. The van der Waals surface area contributed by atoms with Crippen molar-refractivity contribution in [3.8, 4) is 0 Å². The van der Waals surface area contributed by atoms with Gasteiger partial charge in [0.2, 0.25) is 23.6 Å². The fourth-order valence-electron chi connectivity index (χ4n) is 7.61. The molecule has 13 heteroatoms. The molecule has 4 N–H and O–H groups in total. The molecule has 1 fully saturated rings. The number of aliphatic carboxylic acids is 1. The van der Waals surface area contributed by atoms with Crippen molar-refractivity contribution in [1.29, 1.82) is 0 Å². The summed E-state index contributed by atoms with van der Waals surface area (Å²) in [6, 6.07) is 4.19. The predicted octanol–water partition coefficient (Wildman–Crippen LogP) is 3.41. The summed E-state index contributed by atoms with van der Waals surface area (Å²) in [7, 11) is 6.46. The van der Waals surface area contributed by atoms with Gasteiger partial charge in [0, 0.05) is 34.2 Å². The second-order valence-corrected chi connectivity index (χ2v) is 15.4. The SMILES string of the molecule is CC[C@H](C)[C@@H]([C@@H](CC(=O)N1CCCC1[C@H](OC)[C@@H](C)C(=O)NC(Cc1ccccc1C)C(=O)O)OC)N(C)C(=O)C(NC(=O)C(NC)C(C)C)C(C)C. The van der Waals surface area contributed by atoms with Gasteiger partial charge in [-0.2, -0.15) is 0 Å². The second-order valence-electron chi connectivity index (χ2n) is 15.4. The molecule has 0 spiro atoms. The molecule has 0 bridgehead atoms. The molecule has 9 atom stereocenters. The third-order valence-corrected chi connectivity index (χ3v) is 11.0. The van der Waals surface area contributed by atoms with Gasteiger partial charge in [-0.1, -0.05) is 79.2 Å². The van der Waals surface area contributed by atoms with Gasteiger partial charge in [-0.25, -0.2) is 4.79 Å². The van der Waals surface area contributed by atoms with E-state index < -0.39 is 60.2 Å². The minimum absolute atomic E-state index is 0.0119. The van der Waals surface area contributed by atoms with Gasteiger partial charge in [-0.05, 0) is 55.7 Å². The zero-order chi connectivity index (χ0) is 40.2. The number of rotatable bonds is 21. The second kappa shape index (κ2) is 21.4. The fourth-order valence-corrected chi connectivity index (χ4v) is 7.61. The Balaban J connectivity index is 2.27. The fraction of sp³-hybridized carbons (Fsp3) is 0.725. The Morgan fingerprint density at radius 1 is 0.943 bits per heavy atom. The molecule has 2 rings (SSSR count). The number of carbonyl (C=O) groups is 5. The lowest BCUT2D eigenvalue weighted by Crippen LogP contribution is -2.59. The van der Waals surface area contributed by atoms with E-state index in [4.69, 9.17) is 9.47 Å². The van der Waals surface area contributed by atoms with Gasteiger partial charge in [0.1, 0.15) is 12.1 Å². The zero-order valence-electron chi connectivity index (χ0n) is 34.1. The zero-order valence-corrected chi connectivity index (χ0v) is 34.1. The van der Waals surface area contributed by atoms with Crippen LogP contribution in [0.3, 0.4) is 0 Å². The summed E-state index contributed by atoms with van der Waals surface area (Å²) in [5, 5.41) is 18.7. The average molecular weight is 746 g/mol. The highest BCUT2D eigenvalue weighted by Gasteiger charge is 2.43. The van der Waals surface area contributed by atoms with E-state index >= 15 is 0 Å². The molecule has 1 saturated heterocycles. The molecule has 0 aromatic heterocycles. The molecule has 300 valence electrons. The Labute approximate surface area is 317 Å². The Morgan fingerprint density at radius 2 is 1.57 bits per heavy atom. The van der Waals surface area contributed by atoms with Gasteiger partial charge >= 0.3 is 5.97 Å². The van der Waals surface area contributed by atoms with Gasteiger partial charge in [-0.3, -0.25) is 19.2 Å². The number of benzene rings is 1. The first-order chi connectivity index (χ1) is 24.9. The maximum Gasteiger partial charge on any atom is 0.326 e. The highest BCUT2D eigenvalue weighted by atomic mass is 16.5. The maximum absolute atomic E-state index is 14.2. The van der Waals surface area contributed by atoms with Crippen molar-refractivity contribution in [3.63, 3.8) is 0 Å². The van der Waals surface area contributed by atoms with Crippen LogP contribution in [0.2, 0.25) is 0 Å². The van der Waals surface area contributed by atoms with E-state index in [0.29, 0.717) is 19.4 Å². The normalized spacial score (nSPS) is 19.1. The third-order valence-electron chi connectivity index (χ3n) is 11.0. The van der Waals surface area contributed by atoms with Crippen molar-refractivity contribution < 1.29 is 38.6 Å². The number of aryl methyl sites for hydroxylation is 1. The molecule has 53 heavy (non-hydrogen) atoms. The minimum atomic E-state index is -1.13. The molecule has 0 radical (unpaired) electrons. The monoisotopic (exact) mass is 745 g/mol. The highest BCUT2D eigenvalue weighted by molar-refractivity contribution is 5.90. The lowest BCUT2D eigenvalue weighted by Gasteiger charge is -2.41. The standard InChI is InChI=1S/C40H67N5O8/c1-13-25(6)35(44(10)39(49)34(24(4)5)43-38(48)33(41-9)23(2)3)31(52-11)22-32(46)45-20-16-19-30(45)36(53-12)27(8)37(47)42-29(40(50)51)21-28-18-15-14-17-26(28)7/h14-15,17-18,23-25,27,29-31,33-36,41H,13,16,19-22H2,1-12H3,(H,42,47)(H,43,48)(H,50,51)/t25-,27+,29?,30?,31+,33?,34?,35-,36+/m0/s1. The Hall–Kier alpha value is -3.55. The number of hydrogen-bond donors (Lipinski definition) is 4. The van der Waals surface area contributed by atoms with Crippen LogP contribution in [0.1, 0.15) is 85.3 Å². The largest absolute Gasteiger partial charge is 0.480 e. The lowest BCUT2D eigenvalue weighted by molar-refractivity contribution is -0.148. The number of ether oxygens (including phenoxy) is 2. The Kier molecular flexibility index (Phi) is 18.4. The lowest BCUT2D eigenvalue weighted by atomic mass is 9.89. The smallest absolute Gasteiger partial charge is 0.326 e. The number of nitrogens with one attached hydrogen (secondary N) is 3. The van der Waals surface area contributed by atoms with Gasteiger partial charge in [-0.15, -0.1) is 0 Å². The van der Waals surface area contributed by atoms with Crippen LogP contribution in [0, 0.1) is 30.6 Å². The molecular formula is C40H67N5O8.